The Kier molecular flexibility index (Phi) is 6.59. The van der Waals surface area contributed by atoms with Crippen LogP contribution in [0.3, 0.4) is 0 Å². The molecular weight excluding hydrogens is 288 g/mol. The third kappa shape index (κ3) is 4.32. The monoisotopic (exact) mass is 312 g/mol. The van der Waals surface area contributed by atoms with Crippen molar-refractivity contribution >= 4 is 17.9 Å². The first-order valence-electron chi connectivity index (χ1n) is 7.70. The summed E-state index contributed by atoms with van der Waals surface area (Å²) in [4.78, 5) is 35.2. The van der Waals surface area contributed by atoms with E-state index in [4.69, 9.17) is 9.47 Å². The first kappa shape index (κ1) is 18.2. The van der Waals surface area contributed by atoms with E-state index in [2.05, 4.69) is 6.58 Å². The quantitative estimate of drug-likeness (QED) is 0.441. The minimum atomic E-state index is -1.36. The van der Waals surface area contributed by atoms with Gasteiger partial charge < -0.3 is 14.6 Å². The number of aliphatic carboxylic acids is 1. The Balaban J connectivity index is 2.87. The summed E-state index contributed by atoms with van der Waals surface area (Å²) in [6, 6.07) is 0. The lowest BCUT2D eigenvalue weighted by Gasteiger charge is -2.34. The smallest absolute Gasteiger partial charge is 0.333 e. The van der Waals surface area contributed by atoms with Crippen LogP contribution in [0, 0.1) is 11.8 Å². The van der Waals surface area contributed by atoms with Crippen LogP contribution in [0.4, 0.5) is 0 Å². The van der Waals surface area contributed by atoms with Crippen LogP contribution in [0.1, 0.15) is 52.4 Å². The Morgan fingerprint density at radius 3 is 2.14 bits per heavy atom. The number of carbonyl (C=O) groups is 3. The first-order valence-corrected chi connectivity index (χ1v) is 7.70. The van der Waals surface area contributed by atoms with Crippen molar-refractivity contribution in [2.75, 3.05) is 0 Å². The molecule has 1 aliphatic rings. The Morgan fingerprint density at radius 2 is 1.68 bits per heavy atom. The zero-order valence-corrected chi connectivity index (χ0v) is 13.2. The van der Waals surface area contributed by atoms with E-state index in [1.165, 1.54) is 0 Å². The molecule has 1 aliphatic carbocycles. The van der Waals surface area contributed by atoms with Crippen LogP contribution in [0.25, 0.3) is 0 Å². The largest absolute Gasteiger partial charge is 0.481 e. The van der Waals surface area contributed by atoms with Crippen molar-refractivity contribution in [3.8, 4) is 0 Å². The van der Waals surface area contributed by atoms with Gasteiger partial charge in [-0.15, -0.1) is 0 Å². The molecule has 22 heavy (non-hydrogen) atoms. The van der Waals surface area contributed by atoms with Gasteiger partial charge in [-0.25, -0.2) is 4.79 Å². The van der Waals surface area contributed by atoms with Crippen molar-refractivity contribution in [2.45, 2.75) is 58.2 Å². The van der Waals surface area contributed by atoms with Gasteiger partial charge in [0.15, 0.2) is 0 Å². The van der Waals surface area contributed by atoms with Crippen LogP contribution in [0.2, 0.25) is 0 Å². The van der Waals surface area contributed by atoms with Gasteiger partial charge >= 0.3 is 17.9 Å². The fourth-order valence-electron chi connectivity index (χ4n) is 2.75. The first-order chi connectivity index (χ1) is 10.4. The molecule has 0 heterocycles. The minimum absolute atomic E-state index is 0.291. The number of rotatable bonds is 7. The van der Waals surface area contributed by atoms with E-state index in [-0.39, 0.29) is 0 Å². The average Bonchev–Trinajstić information content (AvgIpc) is 2.53. The molecule has 0 aliphatic heterocycles. The summed E-state index contributed by atoms with van der Waals surface area (Å²) in [5.74, 6) is -5.04. The number of ether oxygens (including phenoxy) is 2. The Bertz CT molecular complexity index is 438. The van der Waals surface area contributed by atoms with E-state index in [0.717, 1.165) is 18.9 Å². The molecule has 6 nitrogen and oxygen atoms in total. The molecule has 124 valence electrons. The van der Waals surface area contributed by atoms with E-state index in [1.807, 2.05) is 0 Å². The summed E-state index contributed by atoms with van der Waals surface area (Å²) in [5, 5.41) is 9.25. The second-order valence-electron chi connectivity index (χ2n) is 5.50. The van der Waals surface area contributed by atoms with Crippen molar-refractivity contribution < 1.29 is 29.0 Å². The third-order valence-corrected chi connectivity index (χ3v) is 4.20. The van der Waals surface area contributed by atoms with E-state index < -0.39 is 35.5 Å². The Labute approximate surface area is 130 Å². The van der Waals surface area contributed by atoms with Gasteiger partial charge in [-0.05, 0) is 12.8 Å². The van der Waals surface area contributed by atoms with Gasteiger partial charge in [0.1, 0.15) is 0 Å². The lowest BCUT2D eigenvalue weighted by atomic mass is 9.79. The van der Waals surface area contributed by atoms with Crippen LogP contribution >= 0.6 is 0 Å². The maximum atomic E-state index is 12.4. The Hall–Kier alpha value is -1.85. The van der Waals surface area contributed by atoms with E-state index >= 15 is 0 Å². The van der Waals surface area contributed by atoms with Crippen LogP contribution in [0.5, 0.6) is 0 Å². The zero-order valence-electron chi connectivity index (χ0n) is 13.2. The molecule has 0 aromatic heterocycles. The highest BCUT2D eigenvalue weighted by Crippen LogP contribution is 2.34. The van der Waals surface area contributed by atoms with E-state index in [0.29, 0.717) is 25.7 Å². The third-order valence-electron chi connectivity index (χ3n) is 4.20. The van der Waals surface area contributed by atoms with Gasteiger partial charge in [0.05, 0.1) is 11.8 Å². The summed E-state index contributed by atoms with van der Waals surface area (Å²) < 4.78 is 10.6. The summed E-state index contributed by atoms with van der Waals surface area (Å²) in [5.41, 5.74) is 0. The molecule has 2 unspecified atom stereocenters. The van der Waals surface area contributed by atoms with Crippen molar-refractivity contribution in [3.63, 3.8) is 0 Å². The van der Waals surface area contributed by atoms with Crippen molar-refractivity contribution in [3.05, 3.63) is 12.7 Å². The van der Waals surface area contributed by atoms with Gasteiger partial charge in [0.2, 0.25) is 0 Å². The molecule has 0 spiro atoms. The molecule has 0 aromatic rings. The normalized spacial score (nSPS) is 21.7. The maximum Gasteiger partial charge on any atom is 0.333 e. The van der Waals surface area contributed by atoms with Crippen LogP contribution in [-0.2, 0) is 23.9 Å². The highest BCUT2D eigenvalue weighted by atomic mass is 16.7. The van der Waals surface area contributed by atoms with Crippen molar-refractivity contribution in [2.24, 2.45) is 11.8 Å². The number of carboxylic acid groups (broad SMARTS) is 1. The molecule has 0 saturated heterocycles. The topological polar surface area (TPSA) is 89.9 Å². The molecule has 0 bridgehead atoms. The number of hydrogen-bond acceptors (Lipinski definition) is 5. The van der Waals surface area contributed by atoms with Crippen molar-refractivity contribution in [1.29, 1.82) is 0 Å². The minimum Gasteiger partial charge on any atom is -0.481 e. The predicted molar refractivity (Wildman–Crippen MR) is 78.8 cm³/mol. The number of carbonyl (C=O) groups excluding carboxylic acids is 2. The van der Waals surface area contributed by atoms with Crippen LogP contribution < -0.4 is 0 Å². The molecule has 0 aromatic carbocycles. The molecule has 1 rings (SSSR count). The molecule has 6 heteroatoms. The van der Waals surface area contributed by atoms with E-state index in [1.54, 1.807) is 13.8 Å². The number of esters is 2. The molecule has 1 N–H and O–H groups in total. The summed E-state index contributed by atoms with van der Waals surface area (Å²) in [6.07, 6.45) is 4.12. The number of hydrogen-bond donors (Lipinski definition) is 1. The molecule has 2 atom stereocenters. The standard InChI is InChI=1S/C16H24O6/c1-4-13(17)21-16(5-2,6-3)22-15(20)12-10-8-7-9-11(12)14(18)19/h4,11-12H,1,5-10H2,2-3H3,(H,18,19). The van der Waals surface area contributed by atoms with Gasteiger partial charge in [-0.2, -0.15) is 0 Å². The fourth-order valence-corrected chi connectivity index (χ4v) is 2.75. The molecule has 0 radical (unpaired) electrons. The Morgan fingerprint density at radius 1 is 1.14 bits per heavy atom. The summed E-state index contributed by atoms with van der Waals surface area (Å²) >= 11 is 0. The number of carboxylic acids is 1. The molecule has 1 fully saturated rings. The van der Waals surface area contributed by atoms with Crippen molar-refractivity contribution in [1.82, 2.24) is 0 Å². The predicted octanol–water partition coefficient (Wildman–Crippen LogP) is 2.67. The van der Waals surface area contributed by atoms with Gasteiger partial charge in [0.25, 0.3) is 5.79 Å². The van der Waals surface area contributed by atoms with E-state index in [9.17, 15) is 19.5 Å². The highest BCUT2D eigenvalue weighted by Gasteiger charge is 2.42. The van der Waals surface area contributed by atoms with Crippen LogP contribution in [0.15, 0.2) is 12.7 Å². The fraction of sp³-hybridized carbons (Fsp3) is 0.688. The summed E-state index contributed by atoms with van der Waals surface area (Å²) in [7, 11) is 0. The second-order valence-corrected chi connectivity index (χ2v) is 5.50. The molecular formula is C16H24O6. The summed E-state index contributed by atoms with van der Waals surface area (Å²) in [6.45, 7) is 6.80. The average molecular weight is 312 g/mol. The van der Waals surface area contributed by atoms with Gasteiger partial charge in [-0.3, -0.25) is 9.59 Å². The lowest BCUT2D eigenvalue weighted by molar-refractivity contribution is -0.233. The SMILES string of the molecule is C=CC(=O)OC(CC)(CC)OC(=O)C1CCCCC1C(=O)O. The molecule has 0 amide bonds. The van der Waals surface area contributed by atoms with Crippen LogP contribution in [-0.4, -0.2) is 28.8 Å². The molecule has 1 saturated carbocycles. The lowest BCUT2D eigenvalue weighted by Crippen LogP contribution is -2.43. The van der Waals surface area contributed by atoms with Gasteiger partial charge in [0, 0.05) is 18.9 Å². The maximum absolute atomic E-state index is 12.4. The van der Waals surface area contributed by atoms with Gasteiger partial charge in [-0.1, -0.05) is 33.3 Å². The highest BCUT2D eigenvalue weighted by molar-refractivity contribution is 5.83. The zero-order chi connectivity index (χ0) is 16.8. The second kappa shape index (κ2) is 7.96.